The highest BCUT2D eigenvalue weighted by Crippen LogP contribution is 2.38. The molecule has 0 aromatic heterocycles. The fourth-order valence-corrected chi connectivity index (χ4v) is 3.64. The maximum Gasteiger partial charge on any atom is 0.336 e. The molecule has 0 unspecified atom stereocenters. The van der Waals surface area contributed by atoms with Gasteiger partial charge in [0.15, 0.2) is 0 Å². The molecular formula is C24H23NO5. The van der Waals surface area contributed by atoms with Gasteiger partial charge in [0, 0.05) is 11.3 Å². The SMILES string of the molecule is COc1cccc(-c2c(C(=O)O)cccc2N2CC(Oc3ccc(CO)cc3)C2)c1. The van der Waals surface area contributed by atoms with Gasteiger partial charge in [0.25, 0.3) is 0 Å². The molecule has 0 spiro atoms. The number of benzene rings is 3. The number of carbonyl (C=O) groups is 1. The predicted octanol–water partition coefficient (Wildman–Crippen LogP) is 3.82. The zero-order chi connectivity index (χ0) is 21.1. The molecule has 1 heterocycles. The van der Waals surface area contributed by atoms with Crippen molar-refractivity contribution in [3.8, 4) is 22.6 Å². The first kappa shape index (κ1) is 19.8. The van der Waals surface area contributed by atoms with Gasteiger partial charge < -0.3 is 24.6 Å². The normalized spacial score (nSPS) is 13.6. The van der Waals surface area contributed by atoms with Crippen LogP contribution in [0.4, 0.5) is 5.69 Å². The summed E-state index contributed by atoms with van der Waals surface area (Å²) in [5.74, 6) is 0.464. The first-order valence-corrected chi connectivity index (χ1v) is 9.71. The number of rotatable bonds is 7. The molecule has 3 aromatic carbocycles. The van der Waals surface area contributed by atoms with E-state index < -0.39 is 5.97 Å². The average Bonchev–Trinajstić information content (AvgIpc) is 2.76. The molecule has 0 saturated carbocycles. The molecule has 1 aliphatic heterocycles. The van der Waals surface area contributed by atoms with E-state index in [4.69, 9.17) is 14.6 Å². The molecule has 2 N–H and O–H groups in total. The van der Waals surface area contributed by atoms with Crippen LogP contribution in [0.1, 0.15) is 15.9 Å². The van der Waals surface area contributed by atoms with Gasteiger partial charge in [-0.15, -0.1) is 0 Å². The summed E-state index contributed by atoms with van der Waals surface area (Å²) in [5, 5.41) is 18.9. The van der Waals surface area contributed by atoms with Gasteiger partial charge in [-0.05, 0) is 47.5 Å². The van der Waals surface area contributed by atoms with E-state index in [0.717, 1.165) is 22.6 Å². The third-order valence-corrected chi connectivity index (χ3v) is 5.23. The summed E-state index contributed by atoms with van der Waals surface area (Å²) in [7, 11) is 1.59. The highest BCUT2D eigenvalue weighted by molar-refractivity contribution is 6.00. The molecule has 0 amide bonds. The minimum Gasteiger partial charge on any atom is -0.497 e. The lowest BCUT2D eigenvalue weighted by Crippen LogP contribution is -2.54. The number of hydrogen-bond donors (Lipinski definition) is 2. The van der Waals surface area contributed by atoms with Crippen LogP contribution < -0.4 is 14.4 Å². The van der Waals surface area contributed by atoms with Gasteiger partial charge >= 0.3 is 5.97 Å². The third-order valence-electron chi connectivity index (χ3n) is 5.23. The predicted molar refractivity (Wildman–Crippen MR) is 114 cm³/mol. The van der Waals surface area contributed by atoms with Crippen molar-refractivity contribution in [2.75, 3.05) is 25.1 Å². The van der Waals surface area contributed by atoms with Crippen molar-refractivity contribution in [1.29, 1.82) is 0 Å². The van der Waals surface area contributed by atoms with Crippen molar-refractivity contribution in [1.82, 2.24) is 0 Å². The maximum atomic E-state index is 11.9. The Bertz CT molecular complexity index is 1040. The number of methoxy groups -OCH3 is 1. The third kappa shape index (κ3) is 3.95. The van der Waals surface area contributed by atoms with Gasteiger partial charge in [-0.2, -0.15) is 0 Å². The number of aliphatic hydroxyl groups excluding tert-OH is 1. The van der Waals surface area contributed by atoms with Gasteiger partial charge in [0.1, 0.15) is 17.6 Å². The van der Waals surface area contributed by atoms with E-state index in [1.165, 1.54) is 0 Å². The Balaban J connectivity index is 1.57. The average molecular weight is 405 g/mol. The lowest BCUT2D eigenvalue weighted by molar-refractivity contribution is 0.0697. The first-order chi connectivity index (χ1) is 14.6. The van der Waals surface area contributed by atoms with E-state index in [2.05, 4.69) is 4.90 Å². The molecule has 3 aromatic rings. The molecule has 4 rings (SSSR count). The van der Waals surface area contributed by atoms with Crippen LogP contribution in [0.15, 0.2) is 66.7 Å². The van der Waals surface area contributed by atoms with E-state index in [-0.39, 0.29) is 18.3 Å². The molecule has 0 aliphatic carbocycles. The van der Waals surface area contributed by atoms with Crippen LogP contribution in [-0.2, 0) is 6.61 Å². The minimum atomic E-state index is -0.966. The number of aliphatic hydroxyl groups is 1. The first-order valence-electron chi connectivity index (χ1n) is 9.71. The minimum absolute atomic E-state index is 0.00442. The van der Waals surface area contributed by atoms with Crippen molar-refractivity contribution in [2.45, 2.75) is 12.7 Å². The zero-order valence-electron chi connectivity index (χ0n) is 16.6. The van der Waals surface area contributed by atoms with Crippen LogP contribution in [0.5, 0.6) is 11.5 Å². The van der Waals surface area contributed by atoms with Crippen LogP contribution in [0.3, 0.4) is 0 Å². The van der Waals surface area contributed by atoms with E-state index in [9.17, 15) is 9.90 Å². The van der Waals surface area contributed by atoms with Crippen LogP contribution >= 0.6 is 0 Å². The molecule has 1 fully saturated rings. The molecular weight excluding hydrogens is 382 g/mol. The number of anilines is 1. The van der Waals surface area contributed by atoms with E-state index >= 15 is 0 Å². The van der Waals surface area contributed by atoms with Crippen LogP contribution in [0.2, 0.25) is 0 Å². The lowest BCUT2D eigenvalue weighted by Gasteiger charge is -2.41. The molecule has 154 valence electrons. The topological polar surface area (TPSA) is 79.2 Å². The Hall–Kier alpha value is -3.51. The number of carboxylic acid groups (broad SMARTS) is 1. The molecule has 30 heavy (non-hydrogen) atoms. The summed E-state index contributed by atoms with van der Waals surface area (Å²) in [6.45, 7) is 1.31. The lowest BCUT2D eigenvalue weighted by atomic mass is 9.95. The largest absolute Gasteiger partial charge is 0.497 e. The van der Waals surface area contributed by atoms with Crippen molar-refractivity contribution >= 4 is 11.7 Å². The van der Waals surface area contributed by atoms with Gasteiger partial charge in [-0.1, -0.05) is 30.3 Å². The van der Waals surface area contributed by atoms with Crippen LogP contribution in [-0.4, -0.2) is 42.5 Å². The second kappa shape index (κ2) is 8.47. The number of nitrogens with zero attached hydrogens (tertiary/aromatic N) is 1. The summed E-state index contributed by atoms with van der Waals surface area (Å²) in [5.41, 5.74) is 3.43. The highest BCUT2D eigenvalue weighted by Gasteiger charge is 2.31. The number of carboxylic acids is 1. The smallest absolute Gasteiger partial charge is 0.336 e. The Kier molecular flexibility index (Phi) is 5.59. The zero-order valence-corrected chi connectivity index (χ0v) is 16.6. The summed E-state index contributed by atoms with van der Waals surface area (Å²) < 4.78 is 11.3. The molecule has 6 heteroatoms. The van der Waals surface area contributed by atoms with Crippen LogP contribution in [0.25, 0.3) is 11.1 Å². The monoisotopic (exact) mass is 405 g/mol. The summed E-state index contributed by atoms with van der Waals surface area (Å²) in [6.07, 6.45) is 0.0108. The quantitative estimate of drug-likeness (QED) is 0.622. The fourth-order valence-electron chi connectivity index (χ4n) is 3.64. The fraction of sp³-hybridized carbons (Fsp3) is 0.208. The Morgan fingerprint density at radius 1 is 1.03 bits per heavy atom. The maximum absolute atomic E-state index is 11.9. The van der Waals surface area contributed by atoms with Gasteiger partial charge in [-0.3, -0.25) is 0 Å². The van der Waals surface area contributed by atoms with Crippen molar-refractivity contribution in [3.05, 3.63) is 77.9 Å². The van der Waals surface area contributed by atoms with E-state index in [1.807, 2.05) is 54.6 Å². The van der Waals surface area contributed by atoms with Crippen molar-refractivity contribution in [2.24, 2.45) is 0 Å². The Morgan fingerprint density at radius 3 is 2.43 bits per heavy atom. The summed E-state index contributed by atoms with van der Waals surface area (Å²) in [4.78, 5) is 14.0. The highest BCUT2D eigenvalue weighted by atomic mass is 16.5. The van der Waals surface area contributed by atoms with Gasteiger partial charge in [0.05, 0.1) is 32.4 Å². The Labute approximate surface area is 174 Å². The molecule has 0 radical (unpaired) electrons. The van der Waals surface area contributed by atoms with E-state index in [1.54, 1.807) is 19.2 Å². The standard InChI is InChI=1S/C24H23NO5/c1-29-19-5-2-4-17(12-19)23-21(24(27)28)6-3-7-22(23)25-13-20(14-25)30-18-10-8-16(15-26)9-11-18/h2-12,20,26H,13-15H2,1H3,(H,27,28). The molecule has 1 saturated heterocycles. The Morgan fingerprint density at radius 2 is 1.77 bits per heavy atom. The molecule has 6 nitrogen and oxygen atoms in total. The summed E-state index contributed by atoms with van der Waals surface area (Å²) in [6, 6.07) is 20.1. The van der Waals surface area contributed by atoms with E-state index in [0.29, 0.717) is 24.4 Å². The number of ether oxygens (including phenoxy) is 2. The number of aromatic carboxylic acids is 1. The molecule has 1 aliphatic rings. The van der Waals surface area contributed by atoms with Gasteiger partial charge in [-0.25, -0.2) is 4.79 Å². The second-order valence-electron chi connectivity index (χ2n) is 7.18. The van der Waals surface area contributed by atoms with Gasteiger partial charge in [0.2, 0.25) is 0 Å². The molecule has 0 bridgehead atoms. The van der Waals surface area contributed by atoms with Crippen LogP contribution in [0, 0.1) is 0 Å². The number of hydrogen-bond acceptors (Lipinski definition) is 5. The molecule has 0 atom stereocenters. The van der Waals surface area contributed by atoms with Crippen molar-refractivity contribution < 1.29 is 24.5 Å². The van der Waals surface area contributed by atoms with Crippen molar-refractivity contribution in [3.63, 3.8) is 0 Å². The second-order valence-corrected chi connectivity index (χ2v) is 7.18. The summed E-state index contributed by atoms with van der Waals surface area (Å²) >= 11 is 0.